The van der Waals surface area contributed by atoms with Crippen LogP contribution in [0.3, 0.4) is 0 Å². The highest BCUT2D eigenvalue weighted by Gasteiger charge is 2.35. The van der Waals surface area contributed by atoms with E-state index < -0.39 is 6.36 Å². The number of hydrogen-bond acceptors (Lipinski definition) is 3. The quantitative estimate of drug-likeness (QED) is 0.906. The number of ether oxygens (including phenoxy) is 1. The fourth-order valence-electron chi connectivity index (χ4n) is 4.05. The second kappa shape index (κ2) is 6.05. The van der Waals surface area contributed by atoms with E-state index in [1.807, 2.05) is 6.92 Å². The molecule has 2 fully saturated rings. The van der Waals surface area contributed by atoms with Gasteiger partial charge in [-0.05, 0) is 62.9 Å². The van der Waals surface area contributed by atoms with Crippen molar-refractivity contribution in [2.24, 2.45) is 0 Å². The molecule has 0 saturated carbocycles. The molecule has 25 heavy (non-hydrogen) atoms. The highest BCUT2D eigenvalue weighted by Crippen LogP contribution is 2.37. The monoisotopic (exact) mass is 351 g/mol. The van der Waals surface area contributed by atoms with E-state index in [-0.39, 0.29) is 5.75 Å². The Balaban J connectivity index is 1.54. The molecule has 2 unspecified atom stereocenters. The first kappa shape index (κ1) is 16.4. The molecule has 7 heteroatoms. The summed E-state index contributed by atoms with van der Waals surface area (Å²) in [5, 5.41) is 8.36. The highest BCUT2D eigenvalue weighted by molar-refractivity contribution is 5.38. The van der Waals surface area contributed by atoms with Crippen LogP contribution in [-0.4, -0.2) is 28.2 Å². The SMILES string of the molecule is Cc1cc(C2CC3CCC(C2)N3)nn1-c1ccc(OC(F)(F)F)cc1. The molecule has 1 N–H and O–H groups in total. The first-order chi connectivity index (χ1) is 11.9. The number of nitrogens with one attached hydrogen (secondary N) is 1. The minimum Gasteiger partial charge on any atom is -0.406 e. The molecule has 1 aromatic heterocycles. The third-order valence-electron chi connectivity index (χ3n) is 5.11. The Morgan fingerprint density at radius 3 is 2.36 bits per heavy atom. The first-order valence-electron chi connectivity index (χ1n) is 8.56. The number of nitrogens with zero attached hydrogens (tertiary/aromatic N) is 2. The molecule has 4 rings (SSSR count). The molecule has 2 aromatic rings. The molecule has 2 saturated heterocycles. The van der Waals surface area contributed by atoms with Crippen LogP contribution in [0.25, 0.3) is 5.69 Å². The van der Waals surface area contributed by atoms with Crippen molar-refractivity contribution in [2.75, 3.05) is 0 Å². The summed E-state index contributed by atoms with van der Waals surface area (Å²) in [6.07, 6.45) is 0.00431. The molecule has 0 radical (unpaired) electrons. The summed E-state index contributed by atoms with van der Waals surface area (Å²) in [4.78, 5) is 0. The molecule has 2 bridgehead atoms. The zero-order valence-corrected chi connectivity index (χ0v) is 13.9. The normalized spacial score (nSPS) is 26.0. The van der Waals surface area contributed by atoms with Crippen LogP contribution in [0.2, 0.25) is 0 Å². The minimum atomic E-state index is -4.68. The number of hydrogen-bond donors (Lipinski definition) is 1. The number of halogens is 3. The van der Waals surface area contributed by atoms with Crippen molar-refractivity contribution in [2.45, 2.75) is 57.0 Å². The molecule has 2 aliphatic heterocycles. The zero-order valence-electron chi connectivity index (χ0n) is 13.9. The van der Waals surface area contributed by atoms with Crippen molar-refractivity contribution in [3.63, 3.8) is 0 Å². The smallest absolute Gasteiger partial charge is 0.406 e. The zero-order chi connectivity index (χ0) is 17.6. The number of rotatable bonds is 3. The van der Waals surface area contributed by atoms with Gasteiger partial charge in [-0.2, -0.15) is 5.10 Å². The van der Waals surface area contributed by atoms with Gasteiger partial charge in [0, 0.05) is 23.7 Å². The molecule has 4 nitrogen and oxygen atoms in total. The summed E-state index contributed by atoms with van der Waals surface area (Å²) in [5.74, 6) is 0.225. The number of aryl methyl sites for hydroxylation is 1. The van der Waals surface area contributed by atoms with E-state index in [1.165, 1.54) is 25.0 Å². The summed E-state index contributed by atoms with van der Waals surface area (Å²) < 4.78 is 42.5. The van der Waals surface area contributed by atoms with Gasteiger partial charge in [0.1, 0.15) is 5.75 Å². The number of aromatic nitrogens is 2. The Morgan fingerprint density at radius 2 is 1.76 bits per heavy atom. The lowest BCUT2D eigenvalue weighted by atomic mass is 9.90. The topological polar surface area (TPSA) is 39.1 Å². The van der Waals surface area contributed by atoms with Crippen molar-refractivity contribution in [1.29, 1.82) is 0 Å². The molecule has 2 atom stereocenters. The molecule has 0 amide bonds. The van der Waals surface area contributed by atoms with Gasteiger partial charge in [-0.3, -0.25) is 0 Å². The lowest BCUT2D eigenvalue weighted by Crippen LogP contribution is -2.37. The summed E-state index contributed by atoms with van der Waals surface area (Å²) in [7, 11) is 0. The fourth-order valence-corrected chi connectivity index (χ4v) is 4.05. The van der Waals surface area contributed by atoms with Gasteiger partial charge in [-0.25, -0.2) is 4.68 Å². The van der Waals surface area contributed by atoms with Gasteiger partial charge >= 0.3 is 6.36 Å². The van der Waals surface area contributed by atoms with Gasteiger partial charge in [-0.15, -0.1) is 13.2 Å². The third kappa shape index (κ3) is 3.51. The molecular weight excluding hydrogens is 331 g/mol. The Morgan fingerprint density at radius 1 is 1.12 bits per heavy atom. The van der Waals surface area contributed by atoms with Crippen molar-refractivity contribution < 1.29 is 17.9 Å². The van der Waals surface area contributed by atoms with Crippen molar-refractivity contribution >= 4 is 0 Å². The largest absolute Gasteiger partial charge is 0.573 e. The van der Waals surface area contributed by atoms with Crippen LogP contribution in [0.15, 0.2) is 30.3 Å². The summed E-state index contributed by atoms with van der Waals surface area (Å²) in [6, 6.07) is 9.09. The highest BCUT2D eigenvalue weighted by atomic mass is 19.4. The maximum Gasteiger partial charge on any atom is 0.573 e. The molecular formula is C18H20F3N3O. The maximum atomic E-state index is 12.3. The van der Waals surface area contributed by atoms with Crippen molar-refractivity contribution in [3.05, 3.63) is 41.7 Å². The molecule has 0 spiro atoms. The third-order valence-corrected chi connectivity index (χ3v) is 5.11. The standard InChI is InChI=1S/C18H20F3N3O/c1-11-8-17(12-9-13-2-3-14(10-12)22-13)23-24(11)15-4-6-16(7-5-15)25-18(19,20)21/h4-8,12-14,22H,2-3,9-10H2,1H3. The van der Waals surface area contributed by atoms with Crippen molar-refractivity contribution in [3.8, 4) is 11.4 Å². The number of fused-ring (bicyclic) bond motifs is 2. The van der Waals surface area contributed by atoms with E-state index in [4.69, 9.17) is 5.10 Å². The van der Waals surface area contributed by atoms with Gasteiger partial charge in [0.15, 0.2) is 0 Å². The number of alkyl halides is 3. The summed E-state index contributed by atoms with van der Waals surface area (Å²) >= 11 is 0. The predicted octanol–water partition coefficient (Wildman–Crippen LogP) is 4.08. The Hall–Kier alpha value is -2.02. The van der Waals surface area contributed by atoms with E-state index in [0.717, 1.165) is 29.9 Å². The van der Waals surface area contributed by atoms with E-state index in [9.17, 15) is 13.2 Å². The molecule has 2 aliphatic rings. The van der Waals surface area contributed by atoms with E-state index in [1.54, 1.807) is 16.8 Å². The minimum absolute atomic E-state index is 0.226. The van der Waals surface area contributed by atoms with E-state index in [0.29, 0.717) is 18.0 Å². The average molecular weight is 351 g/mol. The van der Waals surface area contributed by atoms with Crippen LogP contribution in [0, 0.1) is 6.92 Å². The Kier molecular flexibility index (Phi) is 3.98. The first-order valence-corrected chi connectivity index (χ1v) is 8.56. The lowest BCUT2D eigenvalue weighted by molar-refractivity contribution is -0.274. The molecule has 0 aliphatic carbocycles. The number of piperidine rings is 1. The summed E-state index contributed by atoms with van der Waals surface area (Å²) in [5.41, 5.74) is 2.78. The van der Waals surface area contributed by atoms with Gasteiger partial charge in [0.25, 0.3) is 0 Å². The van der Waals surface area contributed by atoms with E-state index >= 15 is 0 Å². The van der Waals surface area contributed by atoms with Gasteiger partial charge < -0.3 is 10.1 Å². The van der Waals surface area contributed by atoms with Gasteiger partial charge in [0.05, 0.1) is 11.4 Å². The summed E-state index contributed by atoms with van der Waals surface area (Å²) in [6.45, 7) is 1.96. The Labute approximate surface area is 144 Å². The average Bonchev–Trinajstić information content (AvgIpc) is 3.09. The second-order valence-corrected chi connectivity index (χ2v) is 6.97. The second-order valence-electron chi connectivity index (χ2n) is 6.97. The Bertz CT molecular complexity index is 742. The van der Waals surface area contributed by atoms with Crippen LogP contribution in [0.4, 0.5) is 13.2 Å². The van der Waals surface area contributed by atoms with Crippen LogP contribution in [0.5, 0.6) is 5.75 Å². The van der Waals surface area contributed by atoms with Crippen LogP contribution >= 0.6 is 0 Å². The van der Waals surface area contributed by atoms with Crippen LogP contribution in [-0.2, 0) is 0 Å². The van der Waals surface area contributed by atoms with Gasteiger partial charge in [0.2, 0.25) is 0 Å². The molecule has 1 aromatic carbocycles. The fraction of sp³-hybridized carbons (Fsp3) is 0.500. The van der Waals surface area contributed by atoms with Crippen molar-refractivity contribution in [1.82, 2.24) is 15.1 Å². The van der Waals surface area contributed by atoms with Crippen LogP contribution in [0.1, 0.15) is 43.0 Å². The lowest BCUT2D eigenvalue weighted by Gasteiger charge is -2.27. The van der Waals surface area contributed by atoms with E-state index in [2.05, 4.69) is 16.1 Å². The maximum absolute atomic E-state index is 12.3. The molecule has 134 valence electrons. The predicted molar refractivity (Wildman–Crippen MR) is 86.9 cm³/mol. The molecule has 3 heterocycles. The van der Waals surface area contributed by atoms with Gasteiger partial charge in [-0.1, -0.05) is 0 Å². The van der Waals surface area contributed by atoms with Crippen LogP contribution < -0.4 is 10.1 Å². The number of benzene rings is 1.